The molecule has 4 nitrogen and oxygen atoms in total. The zero-order chi connectivity index (χ0) is 17.9. The summed E-state index contributed by atoms with van der Waals surface area (Å²) in [5.41, 5.74) is 6.42. The monoisotopic (exact) mass is 336 g/mol. The molecule has 4 heteroatoms. The van der Waals surface area contributed by atoms with E-state index in [1.165, 1.54) is 0 Å². The number of aromatic nitrogens is 3. The van der Waals surface area contributed by atoms with E-state index in [2.05, 4.69) is 41.2 Å². The molecular weight excluding hydrogens is 320 g/mol. The first-order valence-electron chi connectivity index (χ1n) is 8.31. The molecular formula is C22H16N4. The average Bonchev–Trinajstić information content (AvgIpc) is 3.18. The summed E-state index contributed by atoms with van der Waals surface area (Å²) in [5.74, 6) is 0. The van der Waals surface area contributed by atoms with Crippen LogP contribution >= 0.6 is 0 Å². The summed E-state index contributed by atoms with van der Waals surface area (Å²) in [6.45, 7) is 2.05. The number of rotatable bonds is 3. The van der Waals surface area contributed by atoms with Crippen molar-refractivity contribution < 1.29 is 0 Å². The third kappa shape index (κ3) is 2.99. The van der Waals surface area contributed by atoms with Crippen LogP contribution < -0.4 is 0 Å². The summed E-state index contributed by atoms with van der Waals surface area (Å²) in [6, 6.07) is 22.0. The Morgan fingerprint density at radius 3 is 2.58 bits per heavy atom. The van der Waals surface area contributed by atoms with E-state index >= 15 is 0 Å². The van der Waals surface area contributed by atoms with Crippen molar-refractivity contribution in [1.82, 2.24) is 14.5 Å². The van der Waals surface area contributed by atoms with E-state index in [1.54, 1.807) is 12.5 Å². The SMILES string of the molecule is Cc1cc(-c2ccccc2C#N)cc(-n2cnc(-c3ccccn3)c2)c1. The van der Waals surface area contributed by atoms with E-state index in [9.17, 15) is 5.26 Å². The Morgan fingerprint density at radius 1 is 0.923 bits per heavy atom. The van der Waals surface area contributed by atoms with Crippen LogP contribution in [-0.4, -0.2) is 14.5 Å². The molecule has 2 heterocycles. The van der Waals surface area contributed by atoms with E-state index in [1.807, 2.05) is 53.2 Å². The molecule has 2 aromatic carbocycles. The van der Waals surface area contributed by atoms with Gasteiger partial charge in [-0.05, 0) is 53.9 Å². The van der Waals surface area contributed by atoms with Gasteiger partial charge in [-0.3, -0.25) is 4.98 Å². The highest BCUT2D eigenvalue weighted by atomic mass is 15.0. The summed E-state index contributed by atoms with van der Waals surface area (Å²) in [7, 11) is 0. The van der Waals surface area contributed by atoms with Crippen molar-refractivity contribution in [2.75, 3.05) is 0 Å². The van der Waals surface area contributed by atoms with E-state index in [4.69, 9.17) is 0 Å². The molecule has 0 aliphatic carbocycles. The van der Waals surface area contributed by atoms with Crippen LogP contribution in [0, 0.1) is 18.3 Å². The second-order valence-corrected chi connectivity index (χ2v) is 6.10. The van der Waals surface area contributed by atoms with Gasteiger partial charge in [0, 0.05) is 18.1 Å². The number of imidazole rings is 1. The van der Waals surface area contributed by atoms with Crippen molar-refractivity contribution in [2.45, 2.75) is 6.92 Å². The second-order valence-electron chi connectivity index (χ2n) is 6.10. The highest BCUT2D eigenvalue weighted by Crippen LogP contribution is 2.27. The van der Waals surface area contributed by atoms with E-state index < -0.39 is 0 Å². The molecule has 4 aromatic rings. The molecule has 0 bridgehead atoms. The van der Waals surface area contributed by atoms with Gasteiger partial charge in [-0.2, -0.15) is 5.26 Å². The fourth-order valence-electron chi connectivity index (χ4n) is 3.01. The van der Waals surface area contributed by atoms with Crippen molar-refractivity contribution in [3.05, 3.63) is 90.5 Å². The number of hydrogen-bond acceptors (Lipinski definition) is 3. The third-order valence-corrected chi connectivity index (χ3v) is 4.23. The molecule has 0 saturated carbocycles. The lowest BCUT2D eigenvalue weighted by atomic mass is 9.98. The largest absolute Gasteiger partial charge is 0.306 e. The van der Waals surface area contributed by atoms with Crippen LogP contribution in [0.3, 0.4) is 0 Å². The molecule has 0 aliphatic rings. The number of aryl methyl sites for hydroxylation is 1. The van der Waals surface area contributed by atoms with Crippen LogP contribution in [-0.2, 0) is 0 Å². The Balaban J connectivity index is 1.78. The van der Waals surface area contributed by atoms with Gasteiger partial charge in [0.25, 0.3) is 0 Å². The van der Waals surface area contributed by atoms with E-state index in [0.717, 1.165) is 33.8 Å². The molecule has 2 aromatic heterocycles. The molecule has 0 radical (unpaired) electrons. The minimum Gasteiger partial charge on any atom is -0.306 e. The van der Waals surface area contributed by atoms with Gasteiger partial charge in [-0.15, -0.1) is 0 Å². The van der Waals surface area contributed by atoms with E-state index in [-0.39, 0.29) is 0 Å². The molecule has 0 atom stereocenters. The standard InChI is InChI=1S/C22H16N4/c1-16-10-18(20-7-3-2-6-17(20)13-23)12-19(11-16)26-14-22(25-15-26)21-8-4-5-9-24-21/h2-12,14-15H,1H3. The summed E-state index contributed by atoms with van der Waals surface area (Å²) < 4.78 is 1.98. The lowest BCUT2D eigenvalue weighted by Gasteiger charge is -2.10. The van der Waals surface area contributed by atoms with Crippen LogP contribution in [0.5, 0.6) is 0 Å². The maximum absolute atomic E-state index is 9.39. The molecule has 0 unspecified atom stereocenters. The quantitative estimate of drug-likeness (QED) is 0.541. The summed E-state index contributed by atoms with van der Waals surface area (Å²) in [4.78, 5) is 8.83. The minimum atomic E-state index is 0.670. The third-order valence-electron chi connectivity index (χ3n) is 4.23. The van der Waals surface area contributed by atoms with Gasteiger partial charge in [0.2, 0.25) is 0 Å². The van der Waals surface area contributed by atoms with Gasteiger partial charge in [0.15, 0.2) is 0 Å². The first kappa shape index (κ1) is 15.8. The molecule has 0 saturated heterocycles. The van der Waals surface area contributed by atoms with Gasteiger partial charge in [-0.1, -0.05) is 30.3 Å². The fourth-order valence-corrected chi connectivity index (χ4v) is 3.01. The first-order chi connectivity index (χ1) is 12.7. The number of nitrogens with zero attached hydrogens (tertiary/aromatic N) is 4. The Labute approximate surface area is 152 Å². The highest BCUT2D eigenvalue weighted by molar-refractivity contribution is 5.73. The lowest BCUT2D eigenvalue weighted by Crippen LogP contribution is -1.93. The predicted octanol–water partition coefficient (Wildman–Crippen LogP) is 4.78. The maximum atomic E-state index is 9.39. The summed E-state index contributed by atoms with van der Waals surface area (Å²) in [6.07, 6.45) is 5.52. The van der Waals surface area contributed by atoms with Crippen molar-refractivity contribution in [3.8, 4) is 34.3 Å². The highest BCUT2D eigenvalue weighted by Gasteiger charge is 2.09. The number of nitriles is 1. The van der Waals surface area contributed by atoms with Gasteiger partial charge in [0.1, 0.15) is 5.69 Å². The van der Waals surface area contributed by atoms with Crippen molar-refractivity contribution >= 4 is 0 Å². The van der Waals surface area contributed by atoms with Crippen LogP contribution in [0.25, 0.3) is 28.2 Å². The minimum absolute atomic E-state index is 0.670. The number of hydrogen-bond donors (Lipinski definition) is 0. The van der Waals surface area contributed by atoms with Crippen LogP contribution in [0.1, 0.15) is 11.1 Å². The Kier molecular flexibility index (Phi) is 4.04. The van der Waals surface area contributed by atoms with Crippen molar-refractivity contribution in [1.29, 1.82) is 5.26 Å². The molecule has 124 valence electrons. The van der Waals surface area contributed by atoms with Crippen LogP contribution in [0.4, 0.5) is 0 Å². The smallest absolute Gasteiger partial charge is 0.107 e. The maximum Gasteiger partial charge on any atom is 0.107 e. The molecule has 0 aliphatic heterocycles. The van der Waals surface area contributed by atoms with Crippen molar-refractivity contribution in [3.63, 3.8) is 0 Å². The number of benzene rings is 2. The van der Waals surface area contributed by atoms with Crippen molar-refractivity contribution in [2.24, 2.45) is 0 Å². The van der Waals surface area contributed by atoms with Gasteiger partial charge in [-0.25, -0.2) is 4.98 Å². The first-order valence-corrected chi connectivity index (χ1v) is 8.31. The Hall–Kier alpha value is -3.71. The topological polar surface area (TPSA) is 54.5 Å². The zero-order valence-corrected chi connectivity index (χ0v) is 14.3. The number of pyridine rings is 1. The molecule has 0 N–H and O–H groups in total. The summed E-state index contributed by atoms with van der Waals surface area (Å²) >= 11 is 0. The Morgan fingerprint density at radius 2 is 1.77 bits per heavy atom. The molecule has 0 fully saturated rings. The van der Waals surface area contributed by atoms with Crippen LogP contribution in [0.2, 0.25) is 0 Å². The van der Waals surface area contributed by atoms with E-state index in [0.29, 0.717) is 5.56 Å². The summed E-state index contributed by atoms with van der Waals surface area (Å²) in [5, 5.41) is 9.39. The zero-order valence-electron chi connectivity index (χ0n) is 14.3. The van der Waals surface area contributed by atoms with Gasteiger partial charge in [0.05, 0.1) is 23.7 Å². The predicted molar refractivity (Wildman–Crippen MR) is 102 cm³/mol. The second kappa shape index (κ2) is 6.66. The molecule has 0 spiro atoms. The molecule has 4 rings (SSSR count). The average molecular weight is 336 g/mol. The van der Waals surface area contributed by atoms with Gasteiger partial charge < -0.3 is 4.57 Å². The van der Waals surface area contributed by atoms with Gasteiger partial charge >= 0.3 is 0 Å². The van der Waals surface area contributed by atoms with Crippen LogP contribution in [0.15, 0.2) is 79.4 Å². The lowest BCUT2D eigenvalue weighted by molar-refractivity contribution is 1.05. The molecule has 0 amide bonds. The molecule has 26 heavy (non-hydrogen) atoms. The Bertz CT molecular complexity index is 1100. The fraction of sp³-hybridized carbons (Fsp3) is 0.0455. The normalized spacial score (nSPS) is 10.5.